The van der Waals surface area contributed by atoms with Crippen LogP contribution < -0.4 is 0 Å². The Labute approximate surface area is 237 Å². The second-order valence-corrected chi connectivity index (χ2v) is 10.2. The normalized spacial score (nSPS) is 11.4. The van der Waals surface area contributed by atoms with E-state index in [9.17, 15) is 19.8 Å². The van der Waals surface area contributed by atoms with Crippen molar-refractivity contribution in [3.8, 4) is 0 Å². The van der Waals surface area contributed by atoms with E-state index in [2.05, 4.69) is 0 Å². The van der Waals surface area contributed by atoms with Crippen LogP contribution in [0.3, 0.4) is 0 Å². The van der Waals surface area contributed by atoms with Crippen LogP contribution in [0, 0.1) is 41.5 Å². The molecular weight excluding hydrogens is 496 g/mol. The van der Waals surface area contributed by atoms with E-state index >= 15 is 0 Å². The van der Waals surface area contributed by atoms with Crippen LogP contribution in [-0.4, -0.2) is 21.8 Å². The predicted molar refractivity (Wildman–Crippen MR) is 164 cm³/mol. The summed E-state index contributed by atoms with van der Waals surface area (Å²) in [5.41, 5.74) is 8.83. The van der Waals surface area contributed by atoms with Gasteiger partial charge in [-0.05, 0) is 52.7 Å². The summed E-state index contributed by atoms with van der Waals surface area (Å²) in [5, 5.41) is 20.1. The molecule has 0 unspecified atom stereocenters. The van der Waals surface area contributed by atoms with Crippen LogP contribution >= 0.6 is 0 Å². The second kappa shape index (κ2) is 13.4. The topological polar surface area (TPSA) is 74.6 Å². The number of ketones is 2. The molecule has 0 aliphatic heterocycles. The zero-order valence-corrected chi connectivity index (χ0v) is 23.9. The summed E-state index contributed by atoms with van der Waals surface area (Å²) >= 11 is 0. The number of hydrogen-bond donors (Lipinski definition) is 2. The van der Waals surface area contributed by atoms with Gasteiger partial charge < -0.3 is 10.2 Å². The molecule has 4 rings (SSSR count). The highest BCUT2D eigenvalue weighted by Crippen LogP contribution is 2.18. The van der Waals surface area contributed by atoms with Crippen LogP contribution in [0.25, 0.3) is 11.5 Å². The first-order valence-corrected chi connectivity index (χ1v) is 13.1. The Balaban J connectivity index is 0.000000220. The van der Waals surface area contributed by atoms with E-state index in [4.69, 9.17) is 0 Å². The molecular formula is C36H36O4. The van der Waals surface area contributed by atoms with E-state index in [1.807, 2.05) is 90.1 Å². The minimum Gasteiger partial charge on any atom is -0.507 e. The van der Waals surface area contributed by atoms with Gasteiger partial charge in [-0.2, -0.15) is 0 Å². The fourth-order valence-corrected chi connectivity index (χ4v) is 4.20. The van der Waals surface area contributed by atoms with E-state index in [1.165, 1.54) is 12.2 Å². The van der Waals surface area contributed by atoms with Crippen LogP contribution in [0.15, 0.2) is 97.1 Å². The third-order valence-corrected chi connectivity index (χ3v) is 6.53. The van der Waals surface area contributed by atoms with Crippen molar-refractivity contribution >= 4 is 23.1 Å². The molecule has 0 radical (unpaired) electrons. The molecule has 0 aliphatic carbocycles. The number of allylic oxidation sites excluding steroid dienone is 2. The molecule has 0 atom stereocenters. The number of hydrogen-bond acceptors (Lipinski definition) is 4. The SMILES string of the molecule is Cc1ccc(C(O)=CC(=O)c2ccc(C)cc2C)cc1.Cc1ccc(C(O)=CC(=O)c2ccc(C)cc2C)cc1. The highest BCUT2D eigenvalue weighted by molar-refractivity contribution is 6.09. The Bertz CT molecular complexity index is 1450. The molecule has 0 amide bonds. The standard InChI is InChI=1S/2C18H18O2/c2*1-12-4-7-15(8-5-12)17(19)11-18(20)16-9-6-13(2)10-14(16)3/h2*4-11,19H,1-3H3. The number of carbonyl (C=O) groups excluding carboxylic acids is 2. The van der Waals surface area contributed by atoms with Gasteiger partial charge >= 0.3 is 0 Å². The van der Waals surface area contributed by atoms with Crippen molar-refractivity contribution in [2.24, 2.45) is 0 Å². The highest BCUT2D eigenvalue weighted by atomic mass is 16.3. The fraction of sp³-hybridized carbons (Fsp3) is 0.167. The van der Waals surface area contributed by atoms with E-state index in [0.29, 0.717) is 22.3 Å². The van der Waals surface area contributed by atoms with Gasteiger partial charge in [0, 0.05) is 34.4 Å². The number of aliphatic hydroxyl groups is 2. The van der Waals surface area contributed by atoms with E-state index in [0.717, 1.165) is 33.4 Å². The number of benzene rings is 4. The maximum atomic E-state index is 12.2. The quantitative estimate of drug-likeness (QED) is 0.148. The second-order valence-electron chi connectivity index (χ2n) is 10.2. The van der Waals surface area contributed by atoms with Gasteiger partial charge in [0.15, 0.2) is 11.6 Å². The molecule has 0 bridgehead atoms. The van der Waals surface area contributed by atoms with Crippen molar-refractivity contribution < 1.29 is 19.8 Å². The smallest absolute Gasteiger partial charge is 0.189 e. The lowest BCUT2D eigenvalue weighted by molar-refractivity contribution is 0.103. The lowest BCUT2D eigenvalue weighted by Gasteiger charge is -2.04. The van der Waals surface area contributed by atoms with Crippen molar-refractivity contribution in [1.82, 2.24) is 0 Å². The predicted octanol–water partition coefficient (Wildman–Crippen LogP) is 8.79. The summed E-state index contributed by atoms with van der Waals surface area (Å²) in [4.78, 5) is 24.4. The van der Waals surface area contributed by atoms with Crippen molar-refractivity contribution in [1.29, 1.82) is 0 Å². The minimum absolute atomic E-state index is 0.00465. The Morgan fingerprint density at radius 2 is 0.775 bits per heavy atom. The molecule has 4 aromatic carbocycles. The van der Waals surface area contributed by atoms with Crippen LogP contribution in [-0.2, 0) is 0 Å². The highest BCUT2D eigenvalue weighted by Gasteiger charge is 2.10. The first-order valence-electron chi connectivity index (χ1n) is 13.1. The van der Waals surface area contributed by atoms with Gasteiger partial charge in [0.05, 0.1) is 0 Å². The van der Waals surface area contributed by atoms with Crippen LogP contribution in [0.5, 0.6) is 0 Å². The van der Waals surface area contributed by atoms with Gasteiger partial charge in [-0.3, -0.25) is 9.59 Å². The zero-order valence-electron chi connectivity index (χ0n) is 23.9. The number of aryl methyl sites for hydroxylation is 6. The minimum atomic E-state index is -0.180. The summed E-state index contributed by atoms with van der Waals surface area (Å²) in [7, 11) is 0. The Kier molecular flexibility index (Phi) is 9.99. The third kappa shape index (κ3) is 8.15. The van der Waals surface area contributed by atoms with Crippen molar-refractivity contribution in [2.45, 2.75) is 41.5 Å². The monoisotopic (exact) mass is 532 g/mol. The van der Waals surface area contributed by atoms with Crippen molar-refractivity contribution in [3.63, 3.8) is 0 Å². The van der Waals surface area contributed by atoms with E-state index < -0.39 is 0 Å². The first-order chi connectivity index (χ1) is 18.9. The zero-order chi connectivity index (χ0) is 29.4. The summed E-state index contributed by atoms with van der Waals surface area (Å²) in [6, 6.07) is 26.1. The van der Waals surface area contributed by atoms with Gasteiger partial charge in [-0.25, -0.2) is 0 Å². The largest absolute Gasteiger partial charge is 0.507 e. The Morgan fingerprint density at radius 1 is 0.475 bits per heavy atom. The average molecular weight is 533 g/mol. The Morgan fingerprint density at radius 3 is 1.07 bits per heavy atom. The van der Waals surface area contributed by atoms with Crippen molar-refractivity contribution in [3.05, 3.63) is 153 Å². The molecule has 0 heterocycles. The van der Waals surface area contributed by atoms with Gasteiger partial charge in [0.25, 0.3) is 0 Å². The molecule has 204 valence electrons. The van der Waals surface area contributed by atoms with Gasteiger partial charge in [0.2, 0.25) is 0 Å². The van der Waals surface area contributed by atoms with Gasteiger partial charge in [-0.15, -0.1) is 0 Å². The lowest BCUT2D eigenvalue weighted by atomic mass is 10.0. The first kappa shape index (κ1) is 29.9. The molecule has 4 nitrogen and oxygen atoms in total. The average Bonchev–Trinajstić information content (AvgIpc) is 2.89. The summed E-state index contributed by atoms with van der Waals surface area (Å²) in [6.45, 7) is 11.7. The molecule has 0 saturated carbocycles. The molecule has 0 spiro atoms. The molecule has 2 N–H and O–H groups in total. The molecule has 4 heteroatoms. The van der Waals surface area contributed by atoms with Crippen LogP contribution in [0.1, 0.15) is 65.2 Å². The third-order valence-electron chi connectivity index (χ3n) is 6.53. The maximum Gasteiger partial charge on any atom is 0.189 e. The number of rotatable bonds is 6. The summed E-state index contributed by atoms with van der Waals surface area (Å²) in [6.07, 6.45) is 2.56. The molecule has 0 aliphatic rings. The van der Waals surface area contributed by atoms with Crippen molar-refractivity contribution in [2.75, 3.05) is 0 Å². The maximum absolute atomic E-state index is 12.2. The molecule has 0 saturated heterocycles. The molecule has 0 aromatic heterocycles. The molecule has 0 fully saturated rings. The number of aliphatic hydroxyl groups excluding tert-OH is 2. The summed E-state index contributed by atoms with van der Waals surface area (Å²) < 4.78 is 0. The molecule has 4 aromatic rings. The molecule has 40 heavy (non-hydrogen) atoms. The van der Waals surface area contributed by atoms with E-state index in [1.54, 1.807) is 36.4 Å². The van der Waals surface area contributed by atoms with Gasteiger partial charge in [0.1, 0.15) is 11.5 Å². The number of carbonyl (C=O) groups is 2. The van der Waals surface area contributed by atoms with E-state index in [-0.39, 0.29) is 23.1 Å². The lowest BCUT2D eigenvalue weighted by Crippen LogP contribution is -2.00. The Hall–Kier alpha value is -4.70. The van der Waals surface area contributed by atoms with Gasteiger partial charge in [-0.1, -0.05) is 107 Å². The summed E-state index contributed by atoms with van der Waals surface area (Å²) in [5.74, 6) is -0.369. The fourth-order valence-electron chi connectivity index (χ4n) is 4.20. The van der Waals surface area contributed by atoms with Crippen LogP contribution in [0.2, 0.25) is 0 Å². The van der Waals surface area contributed by atoms with Crippen LogP contribution in [0.4, 0.5) is 0 Å².